The molecule has 0 radical (unpaired) electrons. The molecule has 3 rings (SSSR count). The molecule has 0 bridgehead atoms. The summed E-state index contributed by atoms with van der Waals surface area (Å²) < 4.78 is 67.5. The van der Waals surface area contributed by atoms with Gasteiger partial charge >= 0.3 is 15.6 Å². The lowest BCUT2D eigenvalue weighted by Crippen LogP contribution is -2.66. The van der Waals surface area contributed by atoms with E-state index in [0.29, 0.717) is 12.8 Å². The van der Waals surface area contributed by atoms with Crippen molar-refractivity contribution in [3.63, 3.8) is 0 Å². The lowest BCUT2D eigenvalue weighted by atomic mass is 9.96. The van der Waals surface area contributed by atoms with Crippen molar-refractivity contribution in [3.8, 4) is 0 Å². The van der Waals surface area contributed by atoms with Crippen LogP contribution in [0.4, 0.5) is 0 Å². The number of phosphoric acid groups is 2. The zero-order chi connectivity index (χ0) is 71.7. The molecule has 3 saturated heterocycles. The number of hydrogen-bond acceptors (Lipinski definition) is 19. The van der Waals surface area contributed by atoms with E-state index in [0.717, 1.165) is 121 Å². The van der Waals surface area contributed by atoms with Gasteiger partial charge in [-0.2, -0.15) is 4.31 Å². The van der Waals surface area contributed by atoms with E-state index in [9.17, 15) is 64.9 Å². The van der Waals surface area contributed by atoms with E-state index in [-0.39, 0.29) is 0 Å². The molecule has 96 heavy (non-hydrogen) atoms. The standard InChI is InChI=1S/C73H122O21P2/c1-48(2)24-14-25-49(3)26-15-27-50(4)28-16-29-51(5)30-17-31-52(6)32-18-33-53(7)34-19-35-54(8)36-20-37-55(9)38-21-39-56(10)40-22-41-57(11)42-23-43-58(12)44-45-87-95(83,84)94-96(85,86)93-73-68(82)70(63(77)61(47-75)90-73)92-71-67(81)65(79)69(59(13)88-71)91-72-66(80)64(78)62(76)60(46-74)89-72/h24,26,28,30,32,34,36,38,40,42,44,59-82H,14-23,25,27,29,31,33,35,37,39,41,43,45-47H2,1-13H3,(H,83,84)(H,85,86)/b49-26+,50-28+,51-30-,52-32-,53-34-,54-36-,55-38-,56-40-,57-42-,58-44-/t59-,60+,61+,62+,63-,64-,65-,66-,67+,68+,69-,70-,71-,72+,73+/m0/s1. The number of allylic oxidation sites excluding steroid dienone is 21. The molecule has 3 heterocycles. The summed E-state index contributed by atoms with van der Waals surface area (Å²) in [5.74, 6) is 0. The van der Waals surface area contributed by atoms with Gasteiger partial charge in [0.2, 0.25) is 0 Å². The highest BCUT2D eigenvalue weighted by Crippen LogP contribution is 2.61. The minimum absolute atomic E-state index is 0.496. The second-order valence-corrected chi connectivity index (χ2v) is 29.9. The molecule has 21 nitrogen and oxygen atoms in total. The average molecular weight is 1400 g/mol. The van der Waals surface area contributed by atoms with Crippen molar-refractivity contribution >= 4 is 15.6 Å². The van der Waals surface area contributed by atoms with Gasteiger partial charge < -0.3 is 79.4 Å². The average Bonchev–Trinajstić information content (AvgIpc) is 0.784. The van der Waals surface area contributed by atoms with Crippen LogP contribution in [0.1, 0.15) is 218 Å². The lowest BCUT2D eigenvalue weighted by Gasteiger charge is -2.47. The van der Waals surface area contributed by atoms with E-state index in [1.807, 2.05) is 0 Å². The maximum Gasteiger partial charge on any atom is 0.483 e. The van der Waals surface area contributed by atoms with Gasteiger partial charge in [-0.25, -0.2) is 9.13 Å². The maximum absolute atomic E-state index is 13.0. The van der Waals surface area contributed by atoms with Crippen molar-refractivity contribution in [1.82, 2.24) is 0 Å². The smallest absolute Gasteiger partial charge is 0.394 e. The van der Waals surface area contributed by atoms with E-state index in [1.165, 1.54) is 68.7 Å². The monoisotopic (exact) mass is 1400 g/mol. The third kappa shape index (κ3) is 34.0. The fourth-order valence-corrected chi connectivity index (χ4v) is 13.3. The molecule has 0 amide bonds. The van der Waals surface area contributed by atoms with Crippen LogP contribution < -0.4 is 0 Å². The van der Waals surface area contributed by atoms with Crippen LogP contribution in [0.25, 0.3) is 0 Å². The van der Waals surface area contributed by atoms with E-state index < -0.39 is 128 Å². The van der Waals surface area contributed by atoms with Crippen LogP contribution in [-0.4, -0.2) is 168 Å². The maximum atomic E-state index is 13.0. The van der Waals surface area contributed by atoms with Crippen LogP contribution in [0, 0.1) is 0 Å². The van der Waals surface area contributed by atoms with Crippen molar-refractivity contribution in [2.24, 2.45) is 0 Å². The molecule has 0 aliphatic carbocycles. The molecule has 3 aliphatic rings. The third-order valence-electron chi connectivity index (χ3n) is 17.5. The summed E-state index contributed by atoms with van der Waals surface area (Å²) in [4.78, 5) is 20.9. The first-order valence-corrected chi connectivity index (χ1v) is 37.4. The van der Waals surface area contributed by atoms with Gasteiger partial charge in [-0.1, -0.05) is 128 Å². The molecule has 550 valence electrons. The summed E-state index contributed by atoms with van der Waals surface area (Å²) in [6.45, 7) is 25.2. The van der Waals surface area contributed by atoms with Crippen molar-refractivity contribution < 1.29 is 102 Å². The minimum Gasteiger partial charge on any atom is -0.394 e. The Balaban J connectivity index is 1.31. The minimum atomic E-state index is -5.67. The Hall–Kier alpha value is -3.16. The fraction of sp³-hybridized carbons (Fsp3) is 0.699. The highest BCUT2D eigenvalue weighted by molar-refractivity contribution is 7.61. The summed E-state index contributed by atoms with van der Waals surface area (Å²) in [7, 11) is -11.0. The fourth-order valence-electron chi connectivity index (χ4n) is 11.2. The van der Waals surface area contributed by atoms with Gasteiger partial charge in [0, 0.05) is 0 Å². The summed E-state index contributed by atoms with van der Waals surface area (Å²) >= 11 is 0. The third-order valence-corrected chi connectivity index (χ3v) is 20.1. The summed E-state index contributed by atoms with van der Waals surface area (Å²) in [6, 6.07) is 0. The van der Waals surface area contributed by atoms with Crippen LogP contribution in [-0.2, 0) is 46.2 Å². The van der Waals surface area contributed by atoms with E-state index in [2.05, 4.69) is 141 Å². The normalized spacial score (nSPS) is 29.6. The predicted molar refractivity (Wildman–Crippen MR) is 375 cm³/mol. The highest BCUT2D eigenvalue weighted by atomic mass is 31.3. The summed E-state index contributed by atoms with van der Waals surface area (Å²) in [6.07, 6.45) is 18.6. The molecule has 0 saturated carbocycles. The Kier molecular flexibility index (Phi) is 41.4. The lowest BCUT2D eigenvalue weighted by molar-refractivity contribution is -0.373. The molecule has 0 aromatic carbocycles. The zero-order valence-corrected chi connectivity index (χ0v) is 61.5. The van der Waals surface area contributed by atoms with Crippen molar-refractivity contribution in [1.29, 1.82) is 0 Å². The second kappa shape index (κ2) is 45.7. The Labute approximate surface area is 573 Å². The number of aliphatic hydroxyl groups excluding tert-OH is 9. The summed E-state index contributed by atoms with van der Waals surface area (Å²) in [5.41, 5.74) is 15.1. The van der Waals surface area contributed by atoms with Gasteiger partial charge in [-0.15, -0.1) is 0 Å². The quantitative estimate of drug-likeness (QED) is 0.0200. The van der Waals surface area contributed by atoms with E-state index in [4.69, 9.17) is 32.7 Å². The Morgan fingerprint density at radius 1 is 0.354 bits per heavy atom. The zero-order valence-electron chi connectivity index (χ0n) is 59.7. The highest BCUT2D eigenvalue weighted by Gasteiger charge is 2.54. The van der Waals surface area contributed by atoms with Crippen molar-refractivity contribution in [2.45, 2.75) is 311 Å². The van der Waals surface area contributed by atoms with Crippen LogP contribution in [0.3, 0.4) is 0 Å². The van der Waals surface area contributed by atoms with E-state index in [1.54, 1.807) is 6.92 Å². The Morgan fingerprint density at radius 2 is 0.656 bits per heavy atom. The molecule has 11 N–H and O–H groups in total. The molecule has 2 unspecified atom stereocenters. The first kappa shape index (κ1) is 87.1. The number of hydrogen-bond donors (Lipinski definition) is 11. The number of ether oxygens (including phenoxy) is 5. The summed E-state index contributed by atoms with van der Waals surface area (Å²) in [5, 5.41) is 94.1. The molecule has 0 aromatic heterocycles. The topological polar surface area (TPSA) is 331 Å². The largest absolute Gasteiger partial charge is 0.483 e. The predicted octanol–water partition coefficient (Wildman–Crippen LogP) is 12.9. The van der Waals surface area contributed by atoms with Gasteiger partial charge in [-0.05, 0) is 218 Å². The van der Waals surface area contributed by atoms with Gasteiger partial charge in [0.05, 0.1) is 25.9 Å². The molecule has 0 spiro atoms. The van der Waals surface area contributed by atoms with Gasteiger partial charge in [-0.3, -0.25) is 9.05 Å². The first-order chi connectivity index (χ1) is 45.3. The number of aliphatic hydroxyl groups is 9. The van der Waals surface area contributed by atoms with Crippen molar-refractivity contribution in [3.05, 3.63) is 128 Å². The molecular formula is C73H122O21P2. The molecule has 17 atom stereocenters. The van der Waals surface area contributed by atoms with Crippen LogP contribution >= 0.6 is 15.6 Å². The first-order valence-electron chi connectivity index (χ1n) is 34.4. The van der Waals surface area contributed by atoms with Crippen LogP contribution in [0.5, 0.6) is 0 Å². The molecule has 0 aromatic rings. The van der Waals surface area contributed by atoms with Gasteiger partial charge in [0.15, 0.2) is 18.9 Å². The molecular weight excluding hydrogens is 1270 g/mol. The molecule has 23 heteroatoms. The Bertz CT molecular complexity index is 2770. The van der Waals surface area contributed by atoms with E-state index >= 15 is 0 Å². The molecule has 3 fully saturated rings. The SMILES string of the molecule is CC(C)=CCC/C(C)=C/CC/C(C)=C/CC/C(C)=C\CC/C(C)=C\CC/C(C)=C\CC/C(C)=C\CC/C(C)=C\CC/C(C)=C\CC/C(C)=C\CC/C(C)=C\COP(=O)(O)OP(=O)(O)O[C@H]1O[C@H](CO)[C@H](O)[C@H](O[C@@H]2O[C@@H](C)[C@H](O[C@H]3O[C@H](CO)[C@@H](O)[C@H](O)[C@@H]3O)[C@@H](O)[C@H]2O)[C@H]1O. The van der Waals surface area contributed by atoms with Gasteiger partial charge in [0.25, 0.3) is 0 Å². The van der Waals surface area contributed by atoms with Gasteiger partial charge in [0.1, 0.15) is 67.1 Å². The second-order valence-electron chi connectivity index (χ2n) is 26.9. The van der Waals surface area contributed by atoms with Crippen LogP contribution in [0.15, 0.2) is 128 Å². The number of phosphoric ester groups is 2. The molecule has 3 aliphatic heterocycles. The van der Waals surface area contributed by atoms with Crippen LogP contribution in [0.2, 0.25) is 0 Å². The number of rotatable bonds is 43. The Morgan fingerprint density at radius 3 is 1.01 bits per heavy atom. The van der Waals surface area contributed by atoms with Crippen molar-refractivity contribution in [2.75, 3.05) is 19.8 Å².